The molecule has 0 bridgehead atoms. The first-order valence-electron chi connectivity index (χ1n) is 6.89. The first-order valence-corrected chi connectivity index (χ1v) is 6.89. The number of hydrazine groups is 1. The fraction of sp³-hybridized carbons (Fsp3) is 0.692. The SMILES string of the molecule is Cc1cc(NN)nc(CN2CCCCCC2CO)n1. The lowest BCUT2D eigenvalue weighted by molar-refractivity contribution is 0.116. The second kappa shape index (κ2) is 6.79. The molecule has 0 amide bonds. The number of anilines is 1. The standard InChI is InChI=1S/C13H23N5O/c1-10-7-12(17-14)16-13(15-10)8-18-6-4-2-3-5-11(18)9-19/h7,11,19H,2-6,8-9,14H2,1H3,(H,15,16,17). The molecule has 0 aromatic carbocycles. The van der Waals surface area contributed by atoms with Crippen LogP contribution in [0.25, 0.3) is 0 Å². The maximum atomic E-state index is 9.50. The van der Waals surface area contributed by atoms with Crippen molar-refractivity contribution >= 4 is 5.82 Å². The molecule has 2 rings (SSSR count). The van der Waals surface area contributed by atoms with Crippen LogP contribution in [0, 0.1) is 6.92 Å². The van der Waals surface area contributed by atoms with E-state index in [1.807, 2.05) is 13.0 Å². The summed E-state index contributed by atoms with van der Waals surface area (Å²) < 4.78 is 0. The molecule has 6 nitrogen and oxygen atoms in total. The highest BCUT2D eigenvalue weighted by molar-refractivity contribution is 5.33. The molecule has 0 saturated carbocycles. The van der Waals surface area contributed by atoms with Gasteiger partial charge in [0.2, 0.25) is 0 Å². The fourth-order valence-corrected chi connectivity index (χ4v) is 2.61. The number of likely N-dealkylation sites (tertiary alicyclic amines) is 1. The molecule has 19 heavy (non-hydrogen) atoms. The third-order valence-electron chi connectivity index (χ3n) is 3.60. The zero-order valence-corrected chi connectivity index (χ0v) is 11.5. The number of rotatable bonds is 4. The van der Waals surface area contributed by atoms with Gasteiger partial charge in [-0.3, -0.25) is 4.90 Å². The third-order valence-corrected chi connectivity index (χ3v) is 3.60. The minimum Gasteiger partial charge on any atom is -0.395 e. The summed E-state index contributed by atoms with van der Waals surface area (Å²) in [6, 6.07) is 2.04. The van der Waals surface area contributed by atoms with Gasteiger partial charge in [-0.1, -0.05) is 12.8 Å². The van der Waals surface area contributed by atoms with Gasteiger partial charge in [0.15, 0.2) is 0 Å². The molecule has 0 aliphatic carbocycles. The average Bonchev–Trinajstić information content (AvgIpc) is 2.63. The van der Waals surface area contributed by atoms with Gasteiger partial charge in [0.25, 0.3) is 0 Å². The average molecular weight is 265 g/mol. The number of hydrogen-bond acceptors (Lipinski definition) is 6. The highest BCUT2D eigenvalue weighted by Gasteiger charge is 2.21. The van der Waals surface area contributed by atoms with Gasteiger partial charge < -0.3 is 10.5 Å². The number of hydrogen-bond donors (Lipinski definition) is 3. The summed E-state index contributed by atoms with van der Waals surface area (Å²) in [5, 5.41) is 9.50. The number of aromatic nitrogens is 2. The highest BCUT2D eigenvalue weighted by Crippen LogP contribution is 2.18. The quantitative estimate of drug-likeness (QED) is 0.551. The van der Waals surface area contributed by atoms with E-state index in [9.17, 15) is 5.11 Å². The van der Waals surface area contributed by atoms with Crippen LogP contribution in [0.3, 0.4) is 0 Å². The lowest BCUT2D eigenvalue weighted by Gasteiger charge is -2.27. The van der Waals surface area contributed by atoms with Crippen molar-refractivity contribution in [3.8, 4) is 0 Å². The molecule has 1 fully saturated rings. The van der Waals surface area contributed by atoms with Crippen LogP contribution >= 0.6 is 0 Å². The predicted molar refractivity (Wildman–Crippen MR) is 74.3 cm³/mol. The van der Waals surface area contributed by atoms with Crippen molar-refractivity contribution in [1.29, 1.82) is 0 Å². The largest absolute Gasteiger partial charge is 0.395 e. The number of aliphatic hydroxyl groups is 1. The molecule has 1 aromatic rings. The van der Waals surface area contributed by atoms with Crippen LogP contribution in [0.5, 0.6) is 0 Å². The summed E-state index contributed by atoms with van der Waals surface area (Å²) in [7, 11) is 0. The van der Waals surface area contributed by atoms with E-state index in [1.165, 1.54) is 19.3 Å². The Balaban J connectivity index is 2.11. The Hall–Kier alpha value is -1.24. The Morgan fingerprint density at radius 1 is 1.42 bits per heavy atom. The number of aliphatic hydroxyl groups excluding tert-OH is 1. The predicted octanol–water partition coefficient (Wildman–Crippen LogP) is 0.808. The molecule has 1 unspecified atom stereocenters. The molecule has 1 aliphatic heterocycles. The summed E-state index contributed by atoms with van der Waals surface area (Å²) in [4.78, 5) is 11.1. The maximum Gasteiger partial charge on any atom is 0.145 e. The van der Waals surface area contributed by atoms with Crippen LogP contribution in [0.4, 0.5) is 5.82 Å². The van der Waals surface area contributed by atoms with Gasteiger partial charge in [-0.15, -0.1) is 0 Å². The van der Waals surface area contributed by atoms with Gasteiger partial charge in [-0.2, -0.15) is 0 Å². The molecule has 4 N–H and O–H groups in total. The van der Waals surface area contributed by atoms with Gasteiger partial charge >= 0.3 is 0 Å². The van der Waals surface area contributed by atoms with E-state index in [1.54, 1.807) is 0 Å². The molecule has 6 heteroatoms. The van der Waals surface area contributed by atoms with E-state index in [0.29, 0.717) is 12.4 Å². The second-order valence-electron chi connectivity index (χ2n) is 5.11. The topological polar surface area (TPSA) is 87.3 Å². The zero-order valence-electron chi connectivity index (χ0n) is 11.5. The van der Waals surface area contributed by atoms with E-state index >= 15 is 0 Å². The van der Waals surface area contributed by atoms with Crippen molar-refractivity contribution < 1.29 is 5.11 Å². The number of nitrogen functional groups attached to an aromatic ring is 1. The van der Waals surface area contributed by atoms with Crippen molar-refractivity contribution in [1.82, 2.24) is 14.9 Å². The second-order valence-corrected chi connectivity index (χ2v) is 5.11. The van der Waals surface area contributed by atoms with E-state index < -0.39 is 0 Å². The van der Waals surface area contributed by atoms with Gasteiger partial charge in [0, 0.05) is 17.8 Å². The summed E-state index contributed by atoms with van der Waals surface area (Å²) in [6.07, 6.45) is 4.64. The van der Waals surface area contributed by atoms with Crippen molar-refractivity contribution in [2.75, 3.05) is 18.6 Å². The molecular formula is C13H23N5O. The Morgan fingerprint density at radius 3 is 3.00 bits per heavy atom. The van der Waals surface area contributed by atoms with Gasteiger partial charge in [0.1, 0.15) is 11.6 Å². The normalized spacial score (nSPS) is 21.1. The number of nitrogens with two attached hydrogens (primary N) is 1. The molecule has 1 aliphatic rings. The van der Waals surface area contributed by atoms with E-state index in [0.717, 1.165) is 24.5 Å². The minimum absolute atomic E-state index is 0.202. The zero-order chi connectivity index (χ0) is 13.7. The maximum absolute atomic E-state index is 9.50. The molecule has 0 spiro atoms. The van der Waals surface area contributed by atoms with E-state index in [2.05, 4.69) is 20.3 Å². The van der Waals surface area contributed by atoms with Crippen LogP contribution in [0.15, 0.2) is 6.07 Å². The molecule has 1 atom stereocenters. The summed E-state index contributed by atoms with van der Waals surface area (Å²) >= 11 is 0. The van der Waals surface area contributed by atoms with Crippen molar-refractivity contribution in [3.63, 3.8) is 0 Å². The van der Waals surface area contributed by atoms with Gasteiger partial charge in [0.05, 0.1) is 13.2 Å². The van der Waals surface area contributed by atoms with E-state index in [-0.39, 0.29) is 12.6 Å². The van der Waals surface area contributed by atoms with Crippen molar-refractivity contribution in [3.05, 3.63) is 17.6 Å². The Morgan fingerprint density at radius 2 is 2.26 bits per heavy atom. The molecular weight excluding hydrogens is 242 g/mol. The lowest BCUT2D eigenvalue weighted by atomic mass is 10.1. The Bertz CT molecular complexity index is 412. The molecule has 0 radical (unpaired) electrons. The minimum atomic E-state index is 0.202. The fourth-order valence-electron chi connectivity index (χ4n) is 2.61. The Labute approximate surface area is 114 Å². The van der Waals surface area contributed by atoms with Crippen LogP contribution in [-0.2, 0) is 6.54 Å². The van der Waals surface area contributed by atoms with Crippen LogP contribution in [0.2, 0.25) is 0 Å². The molecule has 1 saturated heterocycles. The third kappa shape index (κ3) is 3.86. The van der Waals surface area contributed by atoms with Crippen LogP contribution < -0.4 is 11.3 Å². The van der Waals surface area contributed by atoms with Crippen molar-refractivity contribution in [2.24, 2.45) is 5.84 Å². The van der Waals surface area contributed by atoms with Crippen LogP contribution in [-0.4, -0.2) is 39.2 Å². The Kier molecular flexibility index (Phi) is 5.07. The molecule has 106 valence electrons. The monoisotopic (exact) mass is 265 g/mol. The van der Waals surface area contributed by atoms with Gasteiger partial charge in [-0.25, -0.2) is 15.8 Å². The highest BCUT2D eigenvalue weighted by atomic mass is 16.3. The van der Waals surface area contributed by atoms with Crippen LogP contribution in [0.1, 0.15) is 37.2 Å². The van der Waals surface area contributed by atoms with Crippen molar-refractivity contribution in [2.45, 2.75) is 45.2 Å². The van der Waals surface area contributed by atoms with Gasteiger partial charge in [-0.05, 0) is 26.3 Å². The molecule has 1 aromatic heterocycles. The first-order chi connectivity index (χ1) is 9.22. The summed E-state index contributed by atoms with van der Waals surface area (Å²) in [5.41, 5.74) is 3.46. The van der Waals surface area contributed by atoms with E-state index in [4.69, 9.17) is 5.84 Å². The lowest BCUT2D eigenvalue weighted by Crippen LogP contribution is -2.37. The summed E-state index contributed by atoms with van der Waals surface area (Å²) in [5.74, 6) is 6.80. The number of nitrogens with one attached hydrogen (secondary N) is 1. The first kappa shape index (κ1) is 14.2. The molecule has 2 heterocycles. The smallest absolute Gasteiger partial charge is 0.145 e. The number of aryl methyl sites for hydroxylation is 1. The summed E-state index contributed by atoms with van der Waals surface area (Å²) in [6.45, 7) is 3.79. The number of nitrogens with zero attached hydrogens (tertiary/aromatic N) is 3.